The molecule has 146 valence electrons. The molecule has 1 aliphatic heterocycles. The van der Waals surface area contributed by atoms with Crippen molar-refractivity contribution in [3.8, 4) is 0 Å². The summed E-state index contributed by atoms with van der Waals surface area (Å²) in [5.41, 5.74) is 7.74. The van der Waals surface area contributed by atoms with Crippen molar-refractivity contribution >= 4 is 25.9 Å². The number of aromatic nitrogens is 1. The molecule has 0 bridgehead atoms. The van der Waals surface area contributed by atoms with Crippen molar-refractivity contribution in [2.75, 3.05) is 24.1 Å². The Bertz CT molecular complexity index is 638. The Labute approximate surface area is 157 Å². The molecule has 1 fully saturated rings. The van der Waals surface area contributed by atoms with E-state index in [-0.39, 0.29) is 11.1 Å². The van der Waals surface area contributed by atoms with E-state index in [4.69, 9.17) is 15.3 Å². The first-order valence-electron chi connectivity index (χ1n) is 9.12. The molecule has 0 spiro atoms. The van der Waals surface area contributed by atoms with E-state index in [0.717, 1.165) is 18.4 Å². The molecular formula is C18H32N4O3Si. The molecule has 1 aromatic heterocycles. The standard InChI is InChI=1S/C18H32N4O3Si/c1-18(2,3)26(4,5)25-12-13-10-15(19)16(20-11-13)21-14-6-8-22(9-7-14)17(23)24/h10-11,14H,6-9,12,19H2,1-5H3,(H,20,21)(H,23,24). The number of nitrogens with one attached hydrogen (secondary N) is 1. The topological polar surface area (TPSA) is 101 Å². The average molecular weight is 381 g/mol. The van der Waals surface area contributed by atoms with Gasteiger partial charge in [0.25, 0.3) is 0 Å². The maximum absolute atomic E-state index is 11.0. The second kappa shape index (κ2) is 7.83. The van der Waals surface area contributed by atoms with Gasteiger partial charge in [0.05, 0.1) is 12.3 Å². The molecule has 0 unspecified atom stereocenters. The zero-order chi connectivity index (χ0) is 19.5. The highest BCUT2D eigenvalue weighted by atomic mass is 28.4. The summed E-state index contributed by atoms with van der Waals surface area (Å²) in [4.78, 5) is 16.9. The predicted octanol–water partition coefficient (Wildman–Crippen LogP) is 3.74. The third kappa shape index (κ3) is 5.11. The fraction of sp³-hybridized carbons (Fsp3) is 0.667. The van der Waals surface area contributed by atoms with Crippen molar-refractivity contribution in [2.24, 2.45) is 0 Å². The van der Waals surface area contributed by atoms with Crippen LogP contribution < -0.4 is 11.1 Å². The maximum atomic E-state index is 11.0. The van der Waals surface area contributed by atoms with Crippen molar-refractivity contribution in [3.05, 3.63) is 17.8 Å². The van der Waals surface area contributed by atoms with Gasteiger partial charge in [0.2, 0.25) is 0 Å². The number of hydrogen-bond donors (Lipinski definition) is 3. The quantitative estimate of drug-likeness (QED) is 0.673. The molecule has 0 aliphatic carbocycles. The van der Waals surface area contributed by atoms with E-state index < -0.39 is 14.4 Å². The minimum absolute atomic E-state index is 0.165. The molecule has 4 N–H and O–H groups in total. The van der Waals surface area contributed by atoms with Crippen LogP contribution in [0.4, 0.5) is 16.3 Å². The van der Waals surface area contributed by atoms with Crippen LogP contribution >= 0.6 is 0 Å². The Kier molecular flexibility index (Phi) is 6.18. The highest BCUT2D eigenvalue weighted by Crippen LogP contribution is 2.37. The van der Waals surface area contributed by atoms with Gasteiger partial charge in [-0.15, -0.1) is 0 Å². The van der Waals surface area contributed by atoms with Crippen molar-refractivity contribution in [2.45, 2.75) is 64.4 Å². The number of hydrogen-bond acceptors (Lipinski definition) is 5. The highest BCUT2D eigenvalue weighted by Gasteiger charge is 2.37. The second-order valence-electron chi connectivity index (χ2n) is 8.52. The van der Waals surface area contributed by atoms with Crippen molar-refractivity contribution in [1.82, 2.24) is 9.88 Å². The maximum Gasteiger partial charge on any atom is 0.407 e. The lowest BCUT2D eigenvalue weighted by Gasteiger charge is -2.36. The second-order valence-corrected chi connectivity index (χ2v) is 13.3. The summed E-state index contributed by atoms with van der Waals surface area (Å²) in [5.74, 6) is 0.662. The zero-order valence-electron chi connectivity index (χ0n) is 16.5. The van der Waals surface area contributed by atoms with E-state index in [1.807, 2.05) is 6.07 Å². The number of nitrogens with zero attached hydrogens (tertiary/aromatic N) is 2. The molecule has 1 aromatic rings. The van der Waals surface area contributed by atoms with Gasteiger partial charge in [-0.1, -0.05) is 20.8 Å². The van der Waals surface area contributed by atoms with E-state index in [1.54, 1.807) is 6.20 Å². The fourth-order valence-electron chi connectivity index (χ4n) is 2.62. The number of carboxylic acid groups (broad SMARTS) is 1. The van der Waals surface area contributed by atoms with Gasteiger partial charge in [-0.05, 0) is 42.6 Å². The number of nitrogens with two attached hydrogens (primary N) is 1. The Morgan fingerprint density at radius 3 is 2.54 bits per heavy atom. The fourth-order valence-corrected chi connectivity index (χ4v) is 3.58. The Morgan fingerprint density at radius 2 is 2.04 bits per heavy atom. The van der Waals surface area contributed by atoms with Crippen LogP contribution in [0.15, 0.2) is 12.3 Å². The number of pyridine rings is 1. The van der Waals surface area contributed by atoms with E-state index >= 15 is 0 Å². The first kappa shape index (κ1) is 20.5. The van der Waals surface area contributed by atoms with Crippen LogP contribution in [0.2, 0.25) is 18.1 Å². The monoisotopic (exact) mass is 380 g/mol. The SMILES string of the molecule is CC(C)(C)[Si](C)(C)OCc1cnc(NC2CCN(C(=O)O)CC2)c(N)c1. The van der Waals surface area contributed by atoms with Gasteiger partial charge in [-0.2, -0.15) is 0 Å². The van der Waals surface area contributed by atoms with Gasteiger partial charge in [0.15, 0.2) is 8.32 Å². The molecular weight excluding hydrogens is 348 g/mol. The van der Waals surface area contributed by atoms with E-state index in [2.05, 4.69) is 44.2 Å². The molecule has 2 heterocycles. The van der Waals surface area contributed by atoms with Gasteiger partial charge in [-0.3, -0.25) is 0 Å². The Morgan fingerprint density at radius 1 is 1.42 bits per heavy atom. The van der Waals surface area contributed by atoms with E-state index in [9.17, 15) is 4.79 Å². The molecule has 1 aliphatic rings. The van der Waals surface area contributed by atoms with Crippen LogP contribution in [0.5, 0.6) is 0 Å². The van der Waals surface area contributed by atoms with Crippen LogP contribution in [0.3, 0.4) is 0 Å². The molecule has 2 rings (SSSR count). The van der Waals surface area contributed by atoms with E-state index in [1.165, 1.54) is 4.90 Å². The summed E-state index contributed by atoms with van der Waals surface area (Å²) in [6.07, 6.45) is 2.46. The average Bonchev–Trinajstić information content (AvgIpc) is 2.54. The molecule has 1 amide bonds. The van der Waals surface area contributed by atoms with Gasteiger partial charge in [0.1, 0.15) is 5.82 Å². The lowest BCUT2D eigenvalue weighted by atomic mass is 10.1. The van der Waals surface area contributed by atoms with Gasteiger partial charge < -0.3 is 25.5 Å². The van der Waals surface area contributed by atoms with Crippen LogP contribution in [-0.2, 0) is 11.0 Å². The summed E-state index contributed by atoms with van der Waals surface area (Å²) in [5, 5.41) is 12.5. The normalized spacial score (nSPS) is 16.6. The summed E-state index contributed by atoms with van der Waals surface area (Å²) < 4.78 is 6.22. The minimum atomic E-state index is -1.81. The van der Waals surface area contributed by atoms with Gasteiger partial charge >= 0.3 is 6.09 Å². The number of likely N-dealkylation sites (tertiary alicyclic amines) is 1. The largest absolute Gasteiger partial charge is 0.465 e. The number of nitrogen functional groups attached to an aromatic ring is 1. The van der Waals surface area contributed by atoms with Crippen LogP contribution in [0, 0.1) is 0 Å². The lowest BCUT2D eigenvalue weighted by Crippen LogP contribution is -2.41. The molecule has 0 atom stereocenters. The molecule has 26 heavy (non-hydrogen) atoms. The number of anilines is 2. The number of carbonyl (C=O) groups is 1. The van der Waals surface area contributed by atoms with Crippen molar-refractivity contribution < 1.29 is 14.3 Å². The van der Waals surface area contributed by atoms with E-state index in [0.29, 0.717) is 31.2 Å². The van der Waals surface area contributed by atoms with Crippen molar-refractivity contribution in [3.63, 3.8) is 0 Å². The molecule has 0 aromatic carbocycles. The van der Waals surface area contributed by atoms with Crippen LogP contribution in [0.25, 0.3) is 0 Å². The lowest BCUT2D eigenvalue weighted by molar-refractivity contribution is 0.134. The Hall–Kier alpha value is -1.80. The number of piperidine rings is 1. The molecule has 0 radical (unpaired) electrons. The molecule has 8 heteroatoms. The first-order valence-corrected chi connectivity index (χ1v) is 12.0. The molecule has 0 saturated carbocycles. The summed E-state index contributed by atoms with van der Waals surface area (Å²) in [7, 11) is -1.81. The van der Waals surface area contributed by atoms with Gasteiger partial charge in [0, 0.05) is 25.3 Å². The molecule has 7 nitrogen and oxygen atoms in total. The first-order chi connectivity index (χ1) is 12.0. The number of rotatable bonds is 5. The smallest absolute Gasteiger partial charge is 0.407 e. The van der Waals surface area contributed by atoms with Gasteiger partial charge in [-0.25, -0.2) is 9.78 Å². The summed E-state index contributed by atoms with van der Waals surface area (Å²) >= 11 is 0. The third-order valence-corrected chi connectivity index (χ3v) is 9.96. The minimum Gasteiger partial charge on any atom is -0.465 e. The van der Waals surface area contributed by atoms with Crippen LogP contribution in [-0.4, -0.2) is 48.5 Å². The number of amides is 1. The third-order valence-electron chi connectivity index (χ3n) is 5.49. The summed E-state index contributed by atoms with van der Waals surface area (Å²) in [6, 6.07) is 2.10. The Balaban J connectivity index is 1.92. The zero-order valence-corrected chi connectivity index (χ0v) is 17.5. The highest BCUT2D eigenvalue weighted by molar-refractivity contribution is 6.74. The van der Waals surface area contributed by atoms with Crippen molar-refractivity contribution in [1.29, 1.82) is 0 Å². The molecule has 1 saturated heterocycles. The predicted molar refractivity (Wildman–Crippen MR) is 107 cm³/mol. The van der Waals surface area contributed by atoms with Crippen LogP contribution in [0.1, 0.15) is 39.2 Å². The summed E-state index contributed by atoms with van der Waals surface area (Å²) in [6.45, 7) is 12.7.